The topological polar surface area (TPSA) is 46.2 Å². The summed E-state index contributed by atoms with van der Waals surface area (Å²) < 4.78 is 47.5. The zero-order chi connectivity index (χ0) is 38.8. The van der Waals surface area contributed by atoms with E-state index in [9.17, 15) is 4.39 Å². The molecule has 0 unspecified atom stereocenters. The minimum absolute atomic E-state index is 0.265. The average Bonchev–Trinajstić information content (AvgIpc) is 3.20. The number of ether oxygens (including phenoxy) is 5. The van der Waals surface area contributed by atoms with Crippen molar-refractivity contribution in [3.63, 3.8) is 0 Å². The highest BCUT2D eigenvalue weighted by Gasteiger charge is 2.23. The molecule has 298 valence electrons. The van der Waals surface area contributed by atoms with Crippen LogP contribution in [-0.2, 0) is 0 Å². The molecule has 6 heteroatoms. The first-order chi connectivity index (χ1) is 27.0. The van der Waals surface area contributed by atoms with Crippen molar-refractivity contribution in [1.82, 2.24) is 0 Å². The lowest BCUT2D eigenvalue weighted by Gasteiger charge is -2.22. The molecule has 0 bridgehead atoms. The van der Waals surface area contributed by atoms with Gasteiger partial charge >= 0.3 is 0 Å². The Morgan fingerprint density at radius 2 is 0.873 bits per heavy atom. The standard InChI is InChI=1S/C49H65FO5/c1-6-11-16-27-51-38-32-40(36-21-23-37(50)24-22-36)47-39-25-26-44(52-28-17-12-7-2)49(55-31-20-15-10-5)48(39)43-35-46(54-30-19-14-9-4)45(53-29-18-13-8-3)34-41(43)42(47)33-38/h21-26,32-35H,6-20,27-31H2,1-5H3. The molecule has 0 spiro atoms. The van der Waals surface area contributed by atoms with Crippen LogP contribution in [0.3, 0.4) is 0 Å². The van der Waals surface area contributed by atoms with Crippen molar-refractivity contribution in [3.05, 3.63) is 66.5 Å². The Morgan fingerprint density at radius 3 is 1.42 bits per heavy atom. The molecule has 0 radical (unpaired) electrons. The summed E-state index contributed by atoms with van der Waals surface area (Å²) in [4.78, 5) is 0. The fraction of sp³-hybridized carbons (Fsp3) is 0.510. The van der Waals surface area contributed by atoms with E-state index in [2.05, 4.69) is 71.0 Å². The van der Waals surface area contributed by atoms with Gasteiger partial charge in [0.25, 0.3) is 0 Å². The van der Waals surface area contributed by atoms with Crippen LogP contribution in [0.1, 0.15) is 131 Å². The van der Waals surface area contributed by atoms with Crippen LogP contribution < -0.4 is 23.7 Å². The lowest BCUT2D eigenvalue weighted by Crippen LogP contribution is -2.05. The zero-order valence-electron chi connectivity index (χ0n) is 34.3. The third-order valence-corrected chi connectivity index (χ3v) is 10.3. The van der Waals surface area contributed by atoms with E-state index in [1.54, 1.807) is 0 Å². The molecule has 0 aliphatic carbocycles. The molecule has 0 N–H and O–H groups in total. The van der Waals surface area contributed by atoms with Crippen molar-refractivity contribution in [1.29, 1.82) is 0 Å². The second kappa shape index (κ2) is 22.4. The number of benzene rings is 5. The van der Waals surface area contributed by atoms with E-state index in [0.29, 0.717) is 33.0 Å². The van der Waals surface area contributed by atoms with Crippen molar-refractivity contribution in [2.45, 2.75) is 131 Å². The number of unbranched alkanes of at least 4 members (excludes halogenated alkanes) is 10. The smallest absolute Gasteiger partial charge is 0.169 e. The van der Waals surface area contributed by atoms with Gasteiger partial charge in [0.15, 0.2) is 23.0 Å². The Kier molecular flexibility index (Phi) is 17.1. The average molecular weight is 753 g/mol. The summed E-state index contributed by atoms with van der Waals surface area (Å²) in [5.74, 6) is 3.54. The Hall–Kier alpha value is -4.19. The number of fused-ring (bicyclic) bond motifs is 6. The fourth-order valence-corrected chi connectivity index (χ4v) is 7.24. The highest BCUT2D eigenvalue weighted by atomic mass is 19.1. The van der Waals surface area contributed by atoms with E-state index in [1.165, 1.54) is 12.1 Å². The maximum atomic E-state index is 14.4. The molecule has 5 aromatic carbocycles. The number of hydrogen-bond donors (Lipinski definition) is 0. The molecule has 0 saturated heterocycles. The van der Waals surface area contributed by atoms with Gasteiger partial charge in [-0.05, 0) is 119 Å². The van der Waals surface area contributed by atoms with Crippen LogP contribution in [-0.4, -0.2) is 33.0 Å². The molecule has 0 fully saturated rings. The molecule has 5 rings (SSSR count). The van der Waals surface area contributed by atoms with Crippen LogP contribution in [0.25, 0.3) is 43.4 Å². The van der Waals surface area contributed by atoms with Crippen LogP contribution in [0.15, 0.2) is 60.7 Å². The van der Waals surface area contributed by atoms with Gasteiger partial charge in [-0.1, -0.05) is 111 Å². The summed E-state index contributed by atoms with van der Waals surface area (Å²) in [6.45, 7) is 14.1. The number of hydrogen-bond acceptors (Lipinski definition) is 5. The first kappa shape index (κ1) is 42.0. The minimum atomic E-state index is -0.265. The van der Waals surface area contributed by atoms with E-state index < -0.39 is 0 Å². The van der Waals surface area contributed by atoms with Gasteiger partial charge < -0.3 is 23.7 Å². The van der Waals surface area contributed by atoms with Crippen LogP contribution in [0.5, 0.6) is 28.7 Å². The van der Waals surface area contributed by atoms with Gasteiger partial charge in [0.1, 0.15) is 11.6 Å². The largest absolute Gasteiger partial charge is 0.494 e. The molecule has 5 aromatic rings. The Bertz CT molecular complexity index is 1910. The summed E-state index contributed by atoms with van der Waals surface area (Å²) in [6.07, 6.45) is 16.0. The van der Waals surface area contributed by atoms with E-state index in [4.69, 9.17) is 23.7 Å². The predicted molar refractivity (Wildman–Crippen MR) is 229 cm³/mol. The maximum Gasteiger partial charge on any atom is 0.169 e. The highest BCUT2D eigenvalue weighted by molar-refractivity contribution is 6.30. The van der Waals surface area contributed by atoms with E-state index in [1.807, 2.05) is 12.1 Å². The van der Waals surface area contributed by atoms with Crippen molar-refractivity contribution >= 4 is 32.3 Å². The maximum absolute atomic E-state index is 14.4. The lowest BCUT2D eigenvalue weighted by atomic mass is 9.88. The molecule has 0 saturated carbocycles. The molecule has 5 nitrogen and oxygen atoms in total. The van der Waals surface area contributed by atoms with Gasteiger partial charge in [-0.2, -0.15) is 0 Å². The van der Waals surface area contributed by atoms with Gasteiger partial charge in [-0.25, -0.2) is 4.39 Å². The minimum Gasteiger partial charge on any atom is -0.494 e. The molecule has 0 aliphatic rings. The zero-order valence-corrected chi connectivity index (χ0v) is 34.3. The van der Waals surface area contributed by atoms with Gasteiger partial charge in [-0.3, -0.25) is 0 Å². The molecular formula is C49H65FO5. The quantitative estimate of drug-likeness (QED) is 0.0416. The lowest BCUT2D eigenvalue weighted by molar-refractivity contribution is 0.260. The molecule has 55 heavy (non-hydrogen) atoms. The Morgan fingerprint density at radius 1 is 0.400 bits per heavy atom. The summed E-state index contributed by atoms with van der Waals surface area (Å²) >= 11 is 0. The molecule has 0 atom stereocenters. The molecule has 0 heterocycles. The van der Waals surface area contributed by atoms with Gasteiger partial charge in [0.2, 0.25) is 0 Å². The van der Waals surface area contributed by atoms with Crippen LogP contribution in [0, 0.1) is 5.82 Å². The third-order valence-electron chi connectivity index (χ3n) is 10.3. The normalized spacial score (nSPS) is 11.5. The highest BCUT2D eigenvalue weighted by Crippen LogP contribution is 2.50. The molecule has 0 aromatic heterocycles. The molecular weight excluding hydrogens is 688 g/mol. The first-order valence-corrected chi connectivity index (χ1v) is 21.5. The van der Waals surface area contributed by atoms with Crippen LogP contribution >= 0.6 is 0 Å². The Labute approximate surface area is 329 Å². The first-order valence-electron chi connectivity index (χ1n) is 21.5. The van der Waals surface area contributed by atoms with Crippen molar-refractivity contribution in [3.8, 4) is 39.9 Å². The molecule has 0 aliphatic heterocycles. The van der Waals surface area contributed by atoms with Crippen molar-refractivity contribution in [2.24, 2.45) is 0 Å². The monoisotopic (exact) mass is 752 g/mol. The third kappa shape index (κ3) is 11.2. The van der Waals surface area contributed by atoms with E-state index >= 15 is 0 Å². The van der Waals surface area contributed by atoms with E-state index in [0.717, 1.165) is 169 Å². The predicted octanol–water partition coefficient (Wildman–Crippen LogP) is 14.8. The second-order valence-corrected chi connectivity index (χ2v) is 14.8. The number of rotatable bonds is 26. The van der Waals surface area contributed by atoms with Gasteiger partial charge in [0, 0.05) is 5.39 Å². The summed E-state index contributed by atoms with van der Waals surface area (Å²) in [5, 5.41) is 6.17. The molecule has 0 amide bonds. The van der Waals surface area contributed by atoms with Crippen LogP contribution in [0.4, 0.5) is 4.39 Å². The van der Waals surface area contributed by atoms with Gasteiger partial charge in [0.05, 0.1) is 33.0 Å². The summed E-state index contributed by atoms with van der Waals surface area (Å²) in [5.41, 5.74) is 1.90. The van der Waals surface area contributed by atoms with E-state index in [-0.39, 0.29) is 5.82 Å². The SMILES string of the molecule is CCCCCOc1cc(-c2ccc(F)cc2)c2c(c1)c1cc(OCCCCC)c(OCCCCC)cc1c1c(OCCCCC)c(OCCCCC)ccc21. The Balaban J connectivity index is 1.86. The van der Waals surface area contributed by atoms with Crippen LogP contribution in [0.2, 0.25) is 0 Å². The summed E-state index contributed by atoms with van der Waals surface area (Å²) in [7, 11) is 0. The van der Waals surface area contributed by atoms with Crippen molar-refractivity contribution < 1.29 is 28.1 Å². The van der Waals surface area contributed by atoms with Crippen molar-refractivity contribution in [2.75, 3.05) is 33.0 Å². The van der Waals surface area contributed by atoms with Gasteiger partial charge in [-0.15, -0.1) is 0 Å². The second-order valence-electron chi connectivity index (χ2n) is 14.8. The summed E-state index contributed by atoms with van der Waals surface area (Å²) in [6, 6.07) is 19.7. The number of halogens is 1. The fourth-order valence-electron chi connectivity index (χ4n) is 7.24.